The van der Waals surface area contributed by atoms with Crippen LogP contribution in [0.25, 0.3) is 0 Å². The van der Waals surface area contributed by atoms with Crippen molar-refractivity contribution in [3.8, 4) is 0 Å². The summed E-state index contributed by atoms with van der Waals surface area (Å²) in [6.07, 6.45) is -0.170. The minimum atomic E-state index is -0.228. The quantitative estimate of drug-likeness (QED) is 0.573. The molecule has 0 saturated carbocycles. The van der Waals surface area contributed by atoms with Gasteiger partial charge in [0, 0.05) is 27.3 Å². The summed E-state index contributed by atoms with van der Waals surface area (Å²) in [4.78, 5) is 0. The molecule has 1 aliphatic rings. The van der Waals surface area contributed by atoms with Crippen LogP contribution in [0.4, 0.5) is 0 Å². The van der Waals surface area contributed by atoms with Gasteiger partial charge in [0.05, 0.1) is 0 Å². The molecule has 2 N–H and O–H groups in total. The van der Waals surface area contributed by atoms with Gasteiger partial charge in [-0.3, -0.25) is 0 Å². The smallest absolute Gasteiger partial charge is 0.153 e. The number of ether oxygens (including phenoxy) is 2. The summed E-state index contributed by atoms with van der Waals surface area (Å²) in [6.45, 7) is 1.31. The van der Waals surface area contributed by atoms with Gasteiger partial charge >= 0.3 is 0 Å². The van der Waals surface area contributed by atoms with Crippen molar-refractivity contribution in [2.45, 2.75) is 12.2 Å². The molecule has 2 atom stereocenters. The van der Waals surface area contributed by atoms with E-state index >= 15 is 0 Å². The molecule has 0 amide bonds. The van der Waals surface area contributed by atoms with Gasteiger partial charge in [-0.2, -0.15) is 0 Å². The van der Waals surface area contributed by atoms with Crippen LogP contribution in [0.2, 0.25) is 0 Å². The van der Waals surface area contributed by atoms with Gasteiger partial charge in [0.25, 0.3) is 0 Å². The van der Waals surface area contributed by atoms with Crippen molar-refractivity contribution in [1.29, 1.82) is 0 Å². The van der Waals surface area contributed by atoms with Crippen molar-refractivity contribution < 1.29 is 14.6 Å². The molecule has 1 fully saturated rings. The number of rotatable bonds is 2. The summed E-state index contributed by atoms with van der Waals surface area (Å²) in [6, 6.07) is 0. The molecule has 1 rings (SSSR count). The Labute approximate surface area is 66.5 Å². The molecule has 0 spiro atoms. The van der Waals surface area contributed by atoms with Crippen molar-refractivity contribution in [2.24, 2.45) is 0 Å². The predicted molar refractivity (Wildman–Crippen MR) is 39.6 cm³/mol. The van der Waals surface area contributed by atoms with Gasteiger partial charge in [0.2, 0.25) is 0 Å². The molecular weight excluding hydrogens is 146 g/mol. The highest BCUT2D eigenvalue weighted by atomic mass is 16.5. The Hall–Kier alpha value is -0.160. The third-order valence-electron chi connectivity index (χ3n) is 1.89. The first-order valence-corrected chi connectivity index (χ1v) is 3.61. The molecule has 2 unspecified atom stereocenters. The molecule has 0 aromatic carbocycles. The number of methoxy groups -OCH3 is 2. The van der Waals surface area contributed by atoms with Crippen LogP contribution in [0, 0.1) is 6.10 Å². The van der Waals surface area contributed by atoms with E-state index < -0.39 is 0 Å². The number of aliphatic hydroxyl groups is 1. The molecule has 11 heavy (non-hydrogen) atoms. The molecule has 1 radical (unpaired) electrons. The first-order chi connectivity index (χ1) is 5.29. The molecule has 1 aliphatic heterocycles. The lowest BCUT2D eigenvalue weighted by Gasteiger charge is -2.32. The maximum atomic E-state index is 9.46. The molecule has 4 nitrogen and oxygen atoms in total. The van der Waals surface area contributed by atoms with Crippen LogP contribution in [0.3, 0.4) is 0 Å². The highest BCUT2D eigenvalue weighted by Crippen LogP contribution is 2.16. The molecule has 0 aromatic rings. The van der Waals surface area contributed by atoms with Crippen LogP contribution < -0.4 is 5.32 Å². The number of hydrogen-bond acceptors (Lipinski definition) is 4. The zero-order chi connectivity index (χ0) is 8.27. The fourth-order valence-electron chi connectivity index (χ4n) is 1.17. The topological polar surface area (TPSA) is 50.7 Å². The Bertz CT molecular complexity index is 108. The van der Waals surface area contributed by atoms with E-state index in [1.165, 1.54) is 0 Å². The number of aliphatic hydroxyl groups excluding tert-OH is 1. The number of hydrogen-bond donors (Lipinski definition) is 2. The van der Waals surface area contributed by atoms with Gasteiger partial charge in [0.1, 0.15) is 12.2 Å². The average Bonchev–Trinajstić information content (AvgIpc) is 2.05. The van der Waals surface area contributed by atoms with Crippen LogP contribution in [-0.2, 0) is 9.47 Å². The number of piperidine rings is 1. The van der Waals surface area contributed by atoms with Gasteiger partial charge in [-0.05, 0) is 0 Å². The second-order valence-corrected chi connectivity index (χ2v) is 2.53. The SMILES string of the molecule is COC1CNCC(OC)[C]1O. The Morgan fingerprint density at radius 1 is 1.27 bits per heavy atom. The molecule has 0 bridgehead atoms. The largest absolute Gasteiger partial charge is 0.381 e. The van der Waals surface area contributed by atoms with Gasteiger partial charge in [-0.15, -0.1) is 0 Å². The Balaban J connectivity index is 2.45. The van der Waals surface area contributed by atoms with E-state index in [1.54, 1.807) is 14.2 Å². The van der Waals surface area contributed by atoms with E-state index in [1.807, 2.05) is 0 Å². The molecule has 0 aliphatic carbocycles. The summed E-state index contributed by atoms with van der Waals surface area (Å²) in [7, 11) is 3.14. The second kappa shape index (κ2) is 4.01. The van der Waals surface area contributed by atoms with Gasteiger partial charge in [-0.1, -0.05) is 0 Å². The average molecular weight is 160 g/mol. The minimum Gasteiger partial charge on any atom is -0.381 e. The lowest BCUT2D eigenvalue weighted by Crippen LogP contribution is -2.50. The van der Waals surface area contributed by atoms with E-state index in [9.17, 15) is 5.11 Å². The van der Waals surface area contributed by atoms with Crippen LogP contribution in [0.15, 0.2) is 0 Å². The van der Waals surface area contributed by atoms with Gasteiger partial charge in [-0.25, -0.2) is 0 Å². The lowest BCUT2D eigenvalue weighted by molar-refractivity contribution is -0.0398. The van der Waals surface area contributed by atoms with Crippen molar-refractivity contribution in [2.75, 3.05) is 27.3 Å². The van der Waals surface area contributed by atoms with Crippen molar-refractivity contribution in [3.05, 3.63) is 6.10 Å². The Morgan fingerprint density at radius 3 is 2.09 bits per heavy atom. The van der Waals surface area contributed by atoms with Gasteiger partial charge < -0.3 is 19.9 Å². The molecule has 0 aromatic heterocycles. The van der Waals surface area contributed by atoms with E-state index in [-0.39, 0.29) is 18.3 Å². The zero-order valence-corrected chi connectivity index (χ0v) is 6.83. The molecule has 4 heteroatoms. The standard InChI is InChI=1S/C7H14NO3/c1-10-5-3-8-4-6(11-2)7(5)9/h5-6,8-9H,3-4H2,1-2H3. The molecular formula is C7H14NO3. The summed E-state index contributed by atoms with van der Waals surface area (Å²) in [5.74, 6) is 0. The first-order valence-electron chi connectivity index (χ1n) is 3.61. The second-order valence-electron chi connectivity index (χ2n) is 2.53. The van der Waals surface area contributed by atoms with Gasteiger partial charge in [0.15, 0.2) is 6.10 Å². The van der Waals surface area contributed by atoms with E-state index in [4.69, 9.17) is 9.47 Å². The zero-order valence-electron chi connectivity index (χ0n) is 6.83. The van der Waals surface area contributed by atoms with Crippen molar-refractivity contribution >= 4 is 0 Å². The van der Waals surface area contributed by atoms with E-state index in [0.29, 0.717) is 13.1 Å². The summed E-state index contributed by atoms with van der Waals surface area (Å²) >= 11 is 0. The summed E-state index contributed by atoms with van der Waals surface area (Å²) in [5.41, 5.74) is 0. The Morgan fingerprint density at radius 2 is 1.73 bits per heavy atom. The molecule has 1 heterocycles. The highest BCUT2D eigenvalue weighted by Gasteiger charge is 2.32. The summed E-state index contributed by atoms with van der Waals surface area (Å²) in [5, 5.41) is 12.5. The number of nitrogens with one attached hydrogen (secondary N) is 1. The predicted octanol–water partition coefficient (Wildman–Crippen LogP) is -0.476. The van der Waals surface area contributed by atoms with E-state index in [0.717, 1.165) is 0 Å². The van der Waals surface area contributed by atoms with E-state index in [2.05, 4.69) is 5.32 Å². The fraction of sp³-hybridized carbons (Fsp3) is 0.857. The summed E-state index contributed by atoms with van der Waals surface area (Å²) < 4.78 is 10.0. The maximum absolute atomic E-state index is 9.46. The van der Waals surface area contributed by atoms with Crippen LogP contribution >= 0.6 is 0 Å². The van der Waals surface area contributed by atoms with Crippen LogP contribution in [-0.4, -0.2) is 44.6 Å². The van der Waals surface area contributed by atoms with Crippen molar-refractivity contribution in [3.63, 3.8) is 0 Å². The third kappa shape index (κ3) is 1.90. The minimum absolute atomic E-state index is 0.228. The maximum Gasteiger partial charge on any atom is 0.153 e. The van der Waals surface area contributed by atoms with Crippen LogP contribution in [0.1, 0.15) is 0 Å². The molecule has 65 valence electrons. The normalized spacial score (nSPS) is 34.1. The first kappa shape index (κ1) is 8.93. The van der Waals surface area contributed by atoms with Crippen LogP contribution in [0.5, 0.6) is 0 Å². The third-order valence-corrected chi connectivity index (χ3v) is 1.89. The fourth-order valence-corrected chi connectivity index (χ4v) is 1.17. The monoisotopic (exact) mass is 160 g/mol. The lowest BCUT2D eigenvalue weighted by atomic mass is 10.0. The molecule has 1 saturated heterocycles. The van der Waals surface area contributed by atoms with Crippen molar-refractivity contribution in [1.82, 2.24) is 5.32 Å². The Kier molecular flexibility index (Phi) is 3.26. The highest BCUT2D eigenvalue weighted by molar-refractivity contribution is 5.00.